The van der Waals surface area contributed by atoms with E-state index in [9.17, 15) is 19.6 Å². The summed E-state index contributed by atoms with van der Waals surface area (Å²) in [7, 11) is 0. The van der Waals surface area contributed by atoms with Crippen LogP contribution in [0, 0.1) is 28.3 Å². The van der Waals surface area contributed by atoms with Gasteiger partial charge >= 0.3 is 0 Å². The van der Waals surface area contributed by atoms with Crippen LogP contribution in [0.2, 0.25) is 0 Å². The molecule has 1 rings (SSSR count). The molecule has 1 aromatic carbocycles. The van der Waals surface area contributed by atoms with Gasteiger partial charge in [-0.3, -0.25) is 10.1 Å². The Morgan fingerprint density at radius 3 is 2.55 bits per heavy atom. The molecular weight excluding hydrogens is 263 g/mol. The van der Waals surface area contributed by atoms with Crippen molar-refractivity contribution in [1.82, 2.24) is 0 Å². The number of nitrogens with one attached hydrogen (secondary N) is 1. The Labute approximate surface area is 118 Å². The van der Waals surface area contributed by atoms with Crippen LogP contribution in [0.25, 0.3) is 0 Å². The van der Waals surface area contributed by atoms with Crippen molar-refractivity contribution < 1.29 is 14.4 Å². The normalized spacial score (nSPS) is 13.1. The number of nitro benzene ring substituents is 1. The Hall–Kier alpha value is -1.69. The summed E-state index contributed by atoms with van der Waals surface area (Å²) in [5.41, 5.74) is 0.187. The molecule has 0 aliphatic heterocycles. The number of nitrogens with zero attached hydrogens (tertiary/aromatic N) is 1. The van der Waals surface area contributed by atoms with Crippen LogP contribution in [0.5, 0.6) is 0 Å². The Morgan fingerprint density at radius 1 is 1.45 bits per heavy atom. The molecule has 1 aromatic rings. The van der Waals surface area contributed by atoms with Crippen LogP contribution in [0.3, 0.4) is 0 Å². The first kappa shape index (κ1) is 16.4. The molecule has 1 unspecified atom stereocenters. The van der Waals surface area contributed by atoms with Crippen molar-refractivity contribution in [1.29, 1.82) is 0 Å². The number of aliphatic hydroxyl groups excluding tert-OH is 1. The molecule has 0 fully saturated rings. The van der Waals surface area contributed by atoms with Crippen molar-refractivity contribution in [2.24, 2.45) is 5.41 Å². The van der Waals surface area contributed by atoms with Crippen molar-refractivity contribution in [2.45, 2.75) is 40.2 Å². The zero-order valence-corrected chi connectivity index (χ0v) is 12.2. The smallest absolute Gasteiger partial charge is 0.295 e. The van der Waals surface area contributed by atoms with E-state index in [1.807, 2.05) is 20.8 Å². The molecule has 0 spiro atoms. The van der Waals surface area contributed by atoms with E-state index in [2.05, 4.69) is 5.32 Å². The summed E-state index contributed by atoms with van der Waals surface area (Å²) in [5.74, 6) is -0.613. The minimum absolute atomic E-state index is 0.0360. The molecule has 0 aliphatic carbocycles. The molecule has 1 atom stereocenters. The third-order valence-corrected chi connectivity index (χ3v) is 2.85. The summed E-state index contributed by atoms with van der Waals surface area (Å²) in [6, 6.07) is 2.28. The number of rotatable bonds is 5. The molecule has 0 saturated heterocycles. The van der Waals surface area contributed by atoms with Gasteiger partial charge in [0.2, 0.25) is 0 Å². The summed E-state index contributed by atoms with van der Waals surface area (Å²) >= 11 is 0. The van der Waals surface area contributed by atoms with Crippen LogP contribution >= 0.6 is 0 Å². The Bertz CT molecular complexity index is 498. The fourth-order valence-corrected chi connectivity index (χ4v) is 1.97. The molecule has 0 saturated carbocycles. The highest BCUT2D eigenvalue weighted by Crippen LogP contribution is 2.28. The Morgan fingerprint density at radius 2 is 2.05 bits per heavy atom. The van der Waals surface area contributed by atoms with Gasteiger partial charge in [0.15, 0.2) is 0 Å². The van der Waals surface area contributed by atoms with E-state index in [0.29, 0.717) is 12.0 Å². The lowest BCUT2D eigenvalue weighted by molar-refractivity contribution is -0.384. The first-order valence-corrected chi connectivity index (χ1v) is 6.46. The predicted octanol–water partition coefficient (Wildman–Crippen LogP) is 3.25. The van der Waals surface area contributed by atoms with Gasteiger partial charge in [0, 0.05) is 6.54 Å². The highest BCUT2D eigenvalue weighted by Gasteiger charge is 2.20. The van der Waals surface area contributed by atoms with Crippen LogP contribution in [0.15, 0.2) is 12.1 Å². The van der Waals surface area contributed by atoms with E-state index in [1.165, 1.54) is 13.0 Å². The van der Waals surface area contributed by atoms with Crippen molar-refractivity contribution in [2.75, 3.05) is 11.9 Å². The highest BCUT2D eigenvalue weighted by atomic mass is 19.1. The maximum atomic E-state index is 13.4. The second kappa shape index (κ2) is 6.17. The molecule has 6 heteroatoms. The number of halogens is 1. The molecule has 2 N–H and O–H groups in total. The number of hydrogen-bond donors (Lipinski definition) is 2. The number of benzene rings is 1. The zero-order chi connectivity index (χ0) is 15.5. The van der Waals surface area contributed by atoms with Crippen LogP contribution in [0.1, 0.15) is 32.8 Å². The summed E-state index contributed by atoms with van der Waals surface area (Å²) < 4.78 is 13.4. The van der Waals surface area contributed by atoms with Crippen LogP contribution in [0.4, 0.5) is 15.8 Å². The van der Waals surface area contributed by atoms with Crippen LogP contribution < -0.4 is 5.32 Å². The molecule has 0 aliphatic rings. The summed E-state index contributed by atoms with van der Waals surface area (Å²) in [5, 5.41) is 23.6. The Balaban J connectivity index is 2.82. The maximum Gasteiger partial charge on any atom is 0.295 e. The molecule has 112 valence electrons. The fraction of sp³-hybridized carbons (Fsp3) is 0.571. The fourth-order valence-electron chi connectivity index (χ4n) is 1.97. The number of anilines is 1. The van der Waals surface area contributed by atoms with Gasteiger partial charge < -0.3 is 10.4 Å². The van der Waals surface area contributed by atoms with Gasteiger partial charge in [-0.2, -0.15) is 0 Å². The van der Waals surface area contributed by atoms with E-state index in [-0.39, 0.29) is 23.3 Å². The van der Waals surface area contributed by atoms with Gasteiger partial charge in [0.1, 0.15) is 11.5 Å². The largest absolute Gasteiger partial charge is 0.391 e. The van der Waals surface area contributed by atoms with E-state index >= 15 is 0 Å². The summed E-state index contributed by atoms with van der Waals surface area (Å²) in [6.07, 6.45) is -0.0616. The molecule has 0 heterocycles. The van der Waals surface area contributed by atoms with E-state index in [4.69, 9.17) is 0 Å². The van der Waals surface area contributed by atoms with E-state index in [1.54, 1.807) is 0 Å². The van der Waals surface area contributed by atoms with Gasteiger partial charge in [-0.25, -0.2) is 4.39 Å². The lowest BCUT2D eigenvalue weighted by Crippen LogP contribution is -2.25. The highest BCUT2D eigenvalue weighted by molar-refractivity contribution is 5.63. The van der Waals surface area contributed by atoms with Gasteiger partial charge in [-0.15, -0.1) is 0 Å². The van der Waals surface area contributed by atoms with Crippen LogP contribution in [-0.2, 0) is 0 Å². The molecule has 0 bridgehead atoms. The lowest BCUT2D eigenvalue weighted by atomic mass is 9.89. The quantitative estimate of drug-likeness (QED) is 0.643. The van der Waals surface area contributed by atoms with Gasteiger partial charge in [-0.1, -0.05) is 20.8 Å². The average molecular weight is 284 g/mol. The van der Waals surface area contributed by atoms with Gasteiger partial charge in [-0.05, 0) is 30.4 Å². The second-order valence-corrected chi connectivity index (χ2v) is 6.18. The second-order valence-electron chi connectivity index (χ2n) is 6.18. The summed E-state index contributed by atoms with van der Waals surface area (Å²) in [4.78, 5) is 10.3. The minimum atomic E-state index is -0.638. The van der Waals surface area contributed by atoms with Crippen molar-refractivity contribution >= 4 is 11.4 Å². The predicted molar refractivity (Wildman–Crippen MR) is 76.4 cm³/mol. The monoisotopic (exact) mass is 284 g/mol. The van der Waals surface area contributed by atoms with Gasteiger partial charge in [0.05, 0.1) is 17.1 Å². The molecule has 0 radical (unpaired) electrons. The number of hydrogen-bond acceptors (Lipinski definition) is 4. The maximum absolute atomic E-state index is 13.4. The third kappa shape index (κ3) is 4.77. The lowest BCUT2D eigenvalue weighted by Gasteiger charge is -2.22. The topological polar surface area (TPSA) is 75.4 Å². The number of aryl methyl sites for hydroxylation is 1. The zero-order valence-electron chi connectivity index (χ0n) is 12.2. The van der Waals surface area contributed by atoms with Crippen molar-refractivity contribution in [3.05, 3.63) is 33.6 Å². The standard InChI is InChI=1S/C14H21FN2O3/c1-9-5-12(13(17(19)20)6-11(9)15)16-8-10(18)7-14(2,3)4/h5-6,10,16,18H,7-8H2,1-4H3. The molecule has 20 heavy (non-hydrogen) atoms. The molecular formula is C14H21FN2O3. The van der Waals surface area contributed by atoms with E-state index < -0.39 is 16.8 Å². The van der Waals surface area contributed by atoms with Gasteiger partial charge in [0.25, 0.3) is 5.69 Å². The third-order valence-electron chi connectivity index (χ3n) is 2.85. The Kier molecular flexibility index (Phi) is 5.05. The first-order chi connectivity index (χ1) is 9.10. The number of nitro groups is 1. The van der Waals surface area contributed by atoms with Crippen molar-refractivity contribution in [3.8, 4) is 0 Å². The molecule has 0 amide bonds. The number of aliphatic hydroxyl groups is 1. The molecule has 0 aromatic heterocycles. The summed E-state index contributed by atoms with van der Waals surface area (Å²) in [6.45, 7) is 7.72. The average Bonchev–Trinajstić information content (AvgIpc) is 2.27. The van der Waals surface area contributed by atoms with Crippen LogP contribution in [-0.4, -0.2) is 22.7 Å². The van der Waals surface area contributed by atoms with E-state index in [0.717, 1.165) is 6.07 Å². The van der Waals surface area contributed by atoms with Crippen molar-refractivity contribution in [3.63, 3.8) is 0 Å². The molecule has 5 nitrogen and oxygen atoms in total. The first-order valence-electron chi connectivity index (χ1n) is 6.46. The minimum Gasteiger partial charge on any atom is -0.391 e. The SMILES string of the molecule is Cc1cc(NCC(O)CC(C)(C)C)c([N+](=O)[O-])cc1F.